The maximum Gasteiger partial charge on any atom is 0.275 e. The van der Waals surface area contributed by atoms with Crippen molar-refractivity contribution in [3.63, 3.8) is 0 Å². The van der Waals surface area contributed by atoms with Crippen LogP contribution in [-0.2, 0) is 11.2 Å². The largest absolute Gasteiger partial charge is 0.361 e. The molecule has 1 amide bonds. The van der Waals surface area contributed by atoms with Gasteiger partial charge in [-0.25, -0.2) is 0 Å². The normalized spacial score (nSPS) is 15.0. The lowest BCUT2D eigenvalue weighted by Crippen LogP contribution is -3.16. The predicted octanol–water partition coefficient (Wildman–Crippen LogP) is 2.19. The second kappa shape index (κ2) is 8.89. The maximum atomic E-state index is 12.4. The number of hydrogen-bond donors (Lipinski definition) is 3. The molecule has 3 N–H and O–H groups in total. The quantitative estimate of drug-likeness (QED) is 0.582. The number of para-hydroxylation sites is 1. The molecule has 0 aliphatic carbocycles. The number of aryl methyl sites for hydroxylation is 1. The van der Waals surface area contributed by atoms with Gasteiger partial charge in [-0.05, 0) is 42.7 Å². The van der Waals surface area contributed by atoms with Crippen LogP contribution in [0.3, 0.4) is 0 Å². The second-order valence-corrected chi connectivity index (χ2v) is 8.24. The zero-order chi connectivity index (χ0) is 20.2. The van der Waals surface area contributed by atoms with Gasteiger partial charge in [0.2, 0.25) is 0 Å². The third-order valence-corrected chi connectivity index (χ3v) is 6.02. The van der Waals surface area contributed by atoms with Gasteiger partial charge in [0.1, 0.15) is 0 Å². The Balaban J connectivity index is 1.22. The standard InChI is InChI=1S/C23H27ClN4O/c1-17-6-7-19(24)14-22(17)28-12-10-27(11-13-28)16-23(29)25-9-8-18-15-26-21-5-3-2-4-20(18)21/h2-7,14-15,26H,8-13,16H2,1H3,(H,25,29)/p+1. The fourth-order valence-electron chi connectivity index (χ4n) is 4.13. The van der Waals surface area contributed by atoms with Gasteiger partial charge in [-0.3, -0.25) is 4.79 Å². The van der Waals surface area contributed by atoms with Crippen LogP contribution >= 0.6 is 11.6 Å². The maximum absolute atomic E-state index is 12.4. The molecular formula is C23H28ClN4O+. The van der Waals surface area contributed by atoms with Crippen LogP contribution in [0.15, 0.2) is 48.7 Å². The molecule has 152 valence electrons. The highest BCUT2D eigenvalue weighted by atomic mass is 35.5. The molecular weight excluding hydrogens is 384 g/mol. The van der Waals surface area contributed by atoms with Crippen LogP contribution in [0, 0.1) is 6.92 Å². The Kier molecular flexibility index (Phi) is 6.07. The van der Waals surface area contributed by atoms with Crippen LogP contribution in [0.4, 0.5) is 5.69 Å². The molecule has 0 bridgehead atoms. The molecule has 0 unspecified atom stereocenters. The minimum Gasteiger partial charge on any atom is -0.361 e. The summed E-state index contributed by atoms with van der Waals surface area (Å²) in [6.07, 6.45) is 2.88. The van der Waals surface area contributed by atoms with E-state index in [9.17, 15) is 4.79 Å². The van der Waals surface area contributed by atoms with Gasteiger partial charge in [0.25, 0.3) is 5.91 Å². The molecule has 3 aromatic rings. The molecule has 1 fully saturated rings. The van der Waals surface area contributed by atoms with Crippen LogP contribution in [0.1, 0.15) is 11.1 Å². The molecule has 1 saturated heterocycles. The van der Waals surface area contributed by atoms with Gasteiger partial charge >= 0.3 is 0 Å². The smallest absolute Gasteiger partial charge is 0.275 e. The molecule has 1 aliphatic rings. The Morgan fingerprint density at radius 1 is 1.21 bits per heavy atom. The van der Waals surface area contributed by atoms with E-state index in [2.05, 4.69) is 40.3 Å². The van der Waals surface area contributed by atoms with E-state index < -0.39 is 0 Å². The van der Waals surface area contributed by atoms with Crippen LogP contribution in [0.5, 0.6) is 0 Å². The molecule has 1 aliphatic heterocycles. The molecule has 0 saturated carbocycles. The van der Waals surface area contributed by atoms with E-state index in [4.69, 9.17) is 11.6 Å². The number of H-pyrrole nitrogens is 1. The summed E-state index contributed by atoms with van der Waals surface area (Å²) in [5, 5.41) is 5.10. The molecule has 0 atom stereocenters. The summed E-state index contributed by atoms with van der Waals surface area (Å²) < 4.78 is 0. The van der Waals surface area contributed by atoms with Crippen molar-refractivity contribution in [3.8, 4) is 0 Å². The molecule has 2 heterocycles. The number of fused-ring (bicyclic) bond motifs is 1. The van der Waals surface area contributed by atoms with Crippen molar-refractivity contribution in [2.45, 2.75) is 13.3 Å². The van der Waals surface area contributed by atoms with E-state index in [1.54, 1.807) is 0 Å². The molecule has 29 heavy (non-hydrogen) atoms. The van der Waals surface area contributed by atoms with E-state index in [-0.39, 0.29) is 5.91 Å². The first kappa shape index (κ1) is 19.8. The number of amides is 1. The molecule has 1 aromatic heterocycles. The first-order valence-electron chi connectivity index (χ1n) is 10.3. The summed E-state index contributed by atoms with van der Waals surface area (Å²) in [5.74, 6) is 0.132. The number of nitrogens with one attached hydrogen (secondary N) is 3. The lowest BCUT2D eigenvalue weighted by molar-refractivity contribution is -0.892. The second-order valence-electron chi connectivity index (χ2n) is 7.80. The Labute approximate surface area is 176 Å². The van der Waals surface area contributed by atoms with Gasteiger partial charge in [0.15, 0.2) is 6.54 Å². The predicted molar refractivity (Wildman–Crippen MR) is 119 cm³/mol. The van der Waals surface area contributed by atoms with Gasteiger partial charge in [0.05, 0.1) is 26.2 Å². The Bertz CT molecular complexity index is 991. The van der Waals surface area contributed by atoms with Crippen LogP contribution in [0.2, 0.25) is 5.02 Å². The van der Waals surface area contributed by atoms with E-state index in [0.717, 1.165) is 43.1 Å². The number of hydrogen-bond acceptors (Lipinski definition) is 2. The van der Waals surface area contributed by atoms with E-state index in [0.29, 0.717) is 13.1 Å². The monoisotopic (exact) mass is 411 g/mol. The summed E-state index contributed by atoms with van der Waals surface area (Å²) in [7, 11) is 0. The summed E-state index contributed by atoms with van der Waals surface area (Å²) in [4.78, 5) is 19.4. The van der Waals surface area contributed by atoms with Gasteiger partial charge in [0, 0.05) is 34.4 Å². The molecule has 4 rings (SSSR count). The first-order chi connectivity index (χ1) is 14.1. The lowest BCUT2D eigenvalue weighted by atomic mass is 10.1. The molecule has 0 spiro atoms. The minimum atomic E-state index is 0.132. The van der Waals surface area contributed by atoms with Gasteiger partial charge in [-0.1, -0.05) is 35.9 Å². The van der Waals surface area contributed by atoms with Crippen molar-refractivity contribution in [2.75, 3.05) is 44.2 Å². The van der Waals surface area contributed by atoms with Crippen LogP contribution in [-0.4, -0.2) is 50.2 Å². The number of benzene rings is 2. The SMILES string of the molecule is Cc1ccc(Cl)cc1N1CC[NH+](CC(=O)NCCc2c[nH]c3ccccc23)CC1. The van der Waals surface area contributed by atoms with E-state index in [1.165, 1.54) is 27.1 Å². The summed E-state index contributed by atoms with van der Waals surface area (Å²) in [5.41, 5.74) is 4.84. The van der Waals surface area contributed by atoms with Crippen LogP contribution in [0.25, 0.3) is 10.9 Å². The number of carbonyl (C=O) groups is 1. The van der Waals surface area contributed by atoms with Crippen molar-refractivity contribution in [2.24, 2.45) is 0 Å². The van der Waals surface area contributed by atoms with Crippen molar-refractivity contribution in [3.05, 3.63) is 64.8 Å². The van der Waals surface area contributed by atoms with Gasteiger partial charge in [-0.15, -0.1) is 0 Å². The third kappa shape index (κ3) is 4.74. The van der Waals surface area contributed by atoms with Crippen molar-refractivity contribution < 1.29 is 9.69 Å². The number of carbonyl (C=O) groups excluding carboxylic acids is 1. The van der Waals surface area contributed by atoms with Crippen molar-refractivity contribution in [1.82, 2.24) is 10.3 Å². The fraction of sp³-hybridized carbons (Fsp3) is 0.348. The minimum absolute atomic E-state index is 0.132. The molecule has 0 radical (unpaired) electrons. The van der Waals surface area contributed by atoms with Crippen LogP contribution < -0.4 is 15.1 Å². The van der Waals surface area contributed by atoms with E-state index in [1.807, 2.05) is 30.5 Å². The molecule has 6 heteroatoms. The summed E-state index contributed by atoms with van der Waals surface area (Å²) in [6, 6.07) is 14.3. The number of aromatic nitrogens is 1. The lowest BCUT2D eigenvalue weighted by Gasteiger charge is -2.34. The molecule has 2 aromatic carbocycles. The topological polar surface area (TPSA) is 52.6 Å². The average Bonchev–Trinajstić information content (AvgIpc) is 3.14. The summed E-state index contributed by atoms with van der Waals surface area (Å²) in [6.45, 7) is 7.13. The highest BCUT2D eigenvalue weighted by Gasteiger charge is 2.23. The number of piperazine rings is 1. The number of nitrogens with zero attached hydrogens (tertiary/aromatic N) is 1. The van der Waals surface area contributed by atoms with Crippen molar-refractivity contribution in [1.29, 1.82) is 0 Å². The zero-order valence-corrected chi connectivity index (χ0v) is 17.6. The third-order valence-electron chi connectivity index (χ3n) is 5.78. The first-order valence-corrected chi connectivity index (χ1v) is 10.6. The highest BCUT2D eigenvalue weighted by molar-refractivity contribution is 6.30. The van der Waals surface area contributed by atoms with Crippen molar-refractivity contribution >= 4 is 34.1 Å². The Morgan fingerprint density at radius 3 is 2.83 bits per heavy atom. The van der Waals surface area contributed by atoms with Gasteiger partial charge < -0.3 is 20.1 Å². The van der Waals surface area contributed by atoms with Gasteiger partial charge in [-0.2, -0.15) is 0 Å². The number of quaternary nitrogens is 1. The Morgan fingerprint density at radius 2 is 2.00 bits per heavy atom. The average molecular weight is 412 g/mol. The number of halogens is 1. The Hall–Kier alpha value is -2.50. The fourth-order valence-corrected chi connectivity index (χ4v) is 4.29. The zero-order valence-electron chi connectivity index (χ0n) is 16.8. The molecule has 5 nitrogen and oxygen atoms in total. The number of aromatic amines is 1. The number of rotatable bonds is 6. The highest BCUT2D eigenvalue weighted by Crippen LogP contribution is 2.24. The number of anilines is 1. The summed E-state index contributed by atoms with van der Waals surface area (Å²) >= 11 is 6.16. The van der Waals surface area contributed by atoms with E-state index >= 15 is 0 Å².